The molecule has 0 saturated carbocycles. The highest BCUT2D eigenvalue weighted by atomic mass is 35.5. The summed E-state index contributed by atoms with van der Waals surface area (Å²) < 4.78 is 1.61. The van der Waals surface area contributed by atoms with Crippen LogP contribution in [0, 0.1) is 11.3 Å². The Bertz CT molecular complexity index is 1100. The molecule has 8 heteroatoms. The van der Waals surface area contributed by atoms with E-state index in [9.17, 15) is 4.79 Å². The Morgan fingerprint density at radius 1 is 1.20 bits per heavy atom. The van der Waals surface area contributed by atoms with E-state index in [0.29, 0.717) is 16.5 Å². The van der Waals surface area contributed by atoms with Crippen molar-refractivity contribution in [2.24, 2.45) is 7.05 Å². The Morgan fingerprint density at radius 3 is 2.47 bits per heavy atom. The van der Waals surface area contributed by atoms with Gasteiger partial charge in [0.1, 0.15) is 5.82 Å². The van der Waals surface area contributed by atoms with Crippen molar-refractivity contribution in [2.75, 3.05) is 26.2 Å². The monoisotopic (exact) mass is 441 g/mol. The number of hydrogen-bond acceptors (Lipinski definition) is 6. The quantitative estimate of drug-likeness (QED) is 0.596. The van der Waals surface area contributed by atoms with Crippen molar-refractivity contribution in [2.45, 2.75) is 17.9 Å². The first-order chi connectivity index (χ1) is 14.4. The maximum atomic E-state index is 12.6. The largest absolute Gasteiger partial charge is 0.314 e. The second-order valence-electron chi connectivity index (χ2n) is 7.12. The maximum absolute atomic E-state index is 12.6. The van der Waals surface area contributed by atoms with E-state index in [-0.39, 0.29) is 11.6 Å². The van der Waals surface area contributed by atoms with Crippen LogP contribution in [0.3, 0.4) is 0 Å². The van der Waals surface area contributed by atoms with E-state index >= 15 is 0 Å². The SMILES string of the molecule is CC(c1nc2ccc(C#N)cc2c(=O)n1C)N1CCNCC1.Sc1ccc(Cl)cc1. The lowest BCUT2D eigenvalue weighted by molar-refractivity contribution is 0.176. The molecule has 1 fully saturated rings. The van der Waals surface area contributed by atoms with Gasteiger partial charge < -0.3 is 5.32 Å². The van der Waals surface area contributed by atoms with Crippen LogP contribution in [0.1, 0.15) is 24.4 Å². The number of nitrogens with zero attached hydrogens (tertiary/aromatic N) is 4. The van der Waals surface area contributed by atoms with E-state index in [1.807, 2.05) is 24.3 Å². The first-order valence-corrected chi connectivity index (χ1v) is 10.5. The molecule has 1 atom stereocenters. The Kier molecular flexibility index (Phi) is 7.51. The van der Waals surface area contributed by atoms with Gasteiger partial charge in [0, 0.05) is 43.1 Å². The third kappa shape index (κ3) is 5.21. The van der Waals surface area contributed by atoms with Crippen molar-refractivity contribution in [1.82, 2.24) is 19.8 Å². The second kappa shape index (κ2) is 10.1. The Hall–Kier alpha value is -2.37. The molecule has 3 aromatic rings. The molecule has 0 spiro atoms. The minimum atomic E-state index is -0.0981. The van der Waals surface area contributed by atoms with Gasteiger partial charge in [0.2, 0.25) is 0 Å². The number of piperazine rings is 1. The summed E-state index contributed by atoms with van der Waals surface area (Å²) in [6, 6.07) is 14.5. The number of halogens is 1. The molecule has 1 unspecified atom stereocenters. The molecule has 4 rings (SSSR count). The molecule has 0 bridgehead atoms. The highest BCUT2D eigenvalue weighted by molar-refractivity contribution is 7.80. The molecule has 1 aliphatic rings. The number of thiol groups is 1. The number of nitriles is 1. The molecule has 6 nitrogen and oxygen atoms in total. The Labute approximate surface area is 186 Å². The van der Waals surface area contributed by atoms with Crippen molar-refractivity contribution in [1.29, 1.82) is 5.26 Å². The smallest absolute Gasteiger partial charge is 0.261 e. The zero-order chi connectivity index (χ0) is 21.7. The van der Waals surface area contributed by atoms with Crippen molar-refractivity contribution in [3.05, 3.63) is 69.2 Å². The summed E-state index contributed by atoms with van der Waals surface area (Å²) >= 11 is 9.65. The van der Waals surface area contributed by atoms with Crippen LogP contribution in [0.25, 0.3) is 10.9 Å². The fraction of sp³-hybridized carbons (Fsp3) is 0.318. The lowest BCUT2D eigenvalue weighted by atomic mass is 10.1. The standard InChI is InChI=1S/C16H19N5O.C6H5ClS/c1-11(21-7-5-18-6-8-21)15-19-14-4-3-12(10-17)9-13(14)16(22)20(15)2;7-5-1-3-6(8)4-2-5/h3-4,9,11,18H,5-8H2,1-2H3;1-4,8H. The molecule has 0 amide bonds. The van der Waals surface area contributed by atoms with E-state index in [1.54, 1.807) is 29.8 Å². The van der Waals surface area contributed by atoms with E-state index in [1.165, 1.54) is 0 Å². The summed E-state index contributed by atoms with van der Waals surface area (Å²) in [5.41, 5.74) is 1.03. The molecule has 2 heterocycles. The van der Waals surface area contributed by atoms with Crippen LogP contribution in [-0.4, -0.2) is 40.6 Å². The fourth-order valence-electron chi connectivity index (χ4n) is 3.40. The molecule has 1 aromatic heterocycles. The summed E-state index contributed by atoms with van der Waals surface area (Å²) in [5.74, 6) is 0.768. The maximum Gasteiger partial charge on any atom is 0.261 e. The first-order valence-electron chi connectivity index (χ1n) is 9.71. The number of nitrogens with one attached hydrogen (secondary N) is 1. The van der Waals surface area contributed by atoms with Crippen LogP contribution in [0.2, 0.25) is 5.02 Å². The number of benzene rings is 2. The summed E-state index contributed by atoms with van der Waals surface area (Å²) in [6.07, 6.45) is 0. The van der Waals surface area contributed by atoms with Gasteiger partial charge in [-0.2, -0.15) is 5.26 Å². The van der Waals surface area contributed by atoms with Gasteiger partial charge in [0.15, 0.2) is 0 Å². The van der Waals surface area contributed by atoms with Crippen molar-refractivity contribution >= 4 is 35.1 Å². The minimum Gasteiger partial charge on any atom is -0.314 e. The molecular weight excluding hydrogens is 418 g/mol. The summed E-state index contributed by atoms with van der Waals surface area (Å²) in [6.45, 7) is 5.89. The van der Waals surface area contributed by atoms with Crippen LogP contribution in [0.4, 0.5) is 0 Å². The third-order valence-corrected chi connectivity index (χ3v) is 5.69. The van der Waals surface area contributed by atoms with Gasteiger partial charge in [-0.15, -0.1) is 12.6 Å². The second-order valence-corrected chi connectivity index (χ2v) is 8.07. The lowest BCUT2D eigenvalue weighted by Gasteiger charge is -2.33. The Morgan fingerprint density at radius 2 is 1.87 bits per heavy atom. The number of hydrogen-bond donors (Lipinski definition) is 2. The Balaban J connectivity index is 0.000000269. The van der Waals surface area contributed by atoms with E-state index in [0.717, 1.165) is 41.9 Å². The van der Waals surface area contributed by atoms with E-state index in [4.69, 9.17) is 16.9 Å². The van der Waals surface area contributed by atoms with Gasteiger partial charge in [0.05, 0.1) is 28.6 Å². The van der Waals surface area contributed by atoms with Gasteiger partial charge in [-0.05, 0) is 49.4 Å². The predicted octanol–water partition coefficient (Wildman–Crippen LogP) is 3.40. The zero-order valence-corrected chi connectivity index (χ0v) is 18.6. The number of rotatable bonds is 2. The fourth-order valence-corrected chi connectivity index (χ4v) is 3.68. The minimum absolute atomic E-state index is 0.0832. The van der Waals surface area contributed by atoms with E-state index < -0.39 is 0 Å². The van der Waals surface area contributed by atoms with E-state index in [2.05, 4.69) is 40.8 Å². The normalized spacial score (nSPS) is 15.2. The molecule has 1 saturated heterocycles. The molecule has 30 heavy (non-hydrogen) atoms. The van der Waals surface area contributed by atoms with Crippen LogP contribution in [0.15, 0.2) is 52.2 Å². The highest BCUT2D eigenvalue weighted by Crippen LogP contribution is 2.20. The summed E-state index contributed by atoms with van der Waals surface area (Å²) in [4.78, 5) is 20.5. The molecule has 0 radical (unpaired) electrons. The van der Waals surface area contributed by atoms with Gasteiger partial charge in [-0.3, -0.25) is 14.3 Å². The van der Waals surface area contributed by atoms with Gasteiger partial charge in [0.25, 0.3) is 5.56 Å². The average molecular weight is 442 g/mol. The molecule has 2 aromatic carbocycles. The first kappa shape index (κ1) is 22.3. The number of fused-ring (bicyclic) bond motifs is 1. The topological polar surface area (TPSA) is 74.0 Å². The van der Waals surface area contributed by atoms with Gasteiger partial charge in [-0.1, -0.05) is 11.6 Å². The third-order valence-electron chi connectivity index (χ3n) is 5.14. The van der Waals surface area contributed by atoms with Crippen LogP contribution < -0.4 is 10.9 Å². The van der Waals surface area contributed by atoms with Crippen molar-refractivity contribution in [3.63, 3.8) is 0 Å². The van der Waals surface area contributed by atoms with Gasteiger partial charge >= 0.3 is 0 Å². The summed E-state index contributed by atoms with van der Waals surface area (Å²) in [5, 5.41) is 13.6. The lowest BCUT2D eigenvalue weighted by Crippen LogP contribution is -2.45. The van der Waals surface area contributed by atoms with Crippen molar-refractivity contribution in [3.8, 4) is 6.07 Å². The van der Waals surface area contributed by atoms with Crippen LogP contribution >= 0.6 is 24.2 Å². The predicted molar refractivity (Wildman–Crippen MR) is 123 cm³/mol. The molecule has 0 aliphatic carbocycles. The highest BCUT2D eigenvalue weighted by Gasteiger charge is 2.22. The zero-order valence-electron chi connectivity index (χ0n) is 17.0. The van der Waals surface area contributed by atoms with Gasteiger partial charge in [-0.25, -0.2) is 4.98 Å². The van der Waals surface area contributed by atoms with Crippen LogP contribution in [0.5, 0.6) is 0 Å². The van der Waals surface area contributed by atoms with Crippen molar-refractivity contribution < 1.29 is 0 Å². The molecular formula is C22H24ClN5OS. The number of aromatic nitrogens is 2. The molecule has 1 N–H and O–H groups in total. The average Bonchev–Trinajstić information content (AvgIpc) is 2.78. The molecule has 1 aliphatic heterocycles. The summed E-state index contributed by atoms with van der Waals surface area (Å²) in [7, 11) is 1.75. The van der Waals surface area contributed by atoms with Crippen LogP contribution in [-0.2, 0) is 7.05 Å². The molecule has 156 valence electrons.